The Morgan fingerprint density at radius 3 is 2.90 bits per heavy atom. The van der Waals surface area contributed by atoms with Crippen molar-refractivity contribution in [1.82, 2.24) is 5.32 Å². The minimum absolute atomic E-state index is 0.0849. The quantitative estimate of drug-likeness (QED) is 0.681. The SMILES string of the molecule is Cc1cccc(OCCNC(=O)CCC(C)CCN)c1. The zero-order valence-electron chi connectivity index (χ0n) is 12.5. The fraction of sp³-hybridized carbons (Fsp3) is 0.562. The molecule has 1 atom stereocenters. The third-order valence-electron chi connectivity index (χ3n) is 3.21. The van der Waals surface area contributed by atoms with Crippen LogP contribution in [-0.2, 0) is 4.79 Å². The molecule has 4 nitrogen and oxygen atoms in total. The van der Waals surface area contributed by atoms with Crippen LogP contribution in [0, 0.1) is 12.8 Å². The summed E-state index contributed by atoms with van der Waals surface area (Å²) < 4.78 is 5.57. The highest BCUT2D eigenvalue weighted by atomic mass is 16.5. The van der Waals surface area contributed by atoms with Crippen LogP contribution in [0.3, 0.4) is 0 Å². The molecule has 0 aliphatic heterocycles. The fourth-order valence-electron chi connectivity index (χ4n) is 1.96. The van der Waals surface area contributed by atoms with Gasteiger partial charge in [0.1, 0.15) is 12.4 Å². The molecule has 1 rings (SSSR count). The number of ether oxygens (including phenoxy) is 1. The second-order valence-corrected chi connectivity index (χ2v) is 5.24. The molecule has 0 saturated heterocycles. The largest absolute Gasteiger partial charge is 0.492 e. The first-order valence-electron chi connectivity index (χ1n) is 7.28. The van der Waals surface area contributed by atoms with Crippen LogP contribution in [0.5, 0.6) is 5.75 Å². The van der Waals surface area contributed by atoms with Gasteiger partial charge in [0, 0.05) is 6.42 Å². The fourth-order valence-corrected chi connectivity index (χ4v) is 1.96. The molecule has 20 heavy (non-hydrogen) atoms. The maximum absolute atomic E-state index is 11.6. The van der Waals surface area contributed by atoms with E-state index in [0.29, 0.717) is 32.0 Å². The van der Waals surface area contributed by atoms with Gasteiger partial charge in [-0.3, -0.25) is 4.79 Å². The Balaban J connectivity index is 2.10. The van der Waals surface area contributed by atoms with Crippen LogP contribution >= 0.6 is 0 Å². The number of nitrogens with one attached hydrogen (secondary N) is 1. The van der Waals surface area contributed by atoms with Crippen molar-refractivity contribution in [3.05, 3.63) is 29.8 Å². The molecule has 4 heteroatoms. The highest BCUT2D eigenvalue weighted by Crippen LogP contribution is 2.12. The molecule has 0 fully saturated rings. The van der Waals surface area contributed by atoms with Crippen molar-refractivity contribution < 1.29 is 9.53 Å². The van der Waals surface area contributed by atoms with E-state index in [-0.39, 0.29) is 5.91 Å². The van der Waals surface area contributed by atoms with Gasteiger partial charge in [-0.05, 0) is 49.9 Å². The van der Waals surface area contributed by atoms with Crippen LogP contribution in [0.25, 0.3) is 0 Å². The van der Waals surface area contributed by atoms with Gasteiger partial charge in [-0.15, -0.1) is 0 Å². The molecule has 0 aliphatic rings. The van der Waals surface area contributed by atoms with E-state index in [0.717, 1.165) is 18.6 Å². The molecule has 0 saturated carbocycles. The van der Waals surface area contributed by atoms with Gasteiger partial charge in [0.15, 0.2) is 0 Å². The Morgan fingerprint density at radius 1 is 1.40 bits per heavy atom. The Labute approximate surface area is 121 Å². The molecule has 0 aromatic heterocycles. The van der Waals surface area contributed by atoms with Crippen molar-refractivity contribution in [3.8, 4) is 5.75 Å². The molecule has 0 spiro atoms. The lowest BCUT2D eigenvalue weighted by atomic mass is 10.0. The van der Waals surface area contributed by atoms with Gasteiger partial charge in [-0.1, -0.05) is 19.1 Å². The molecular weight excluding hydrogens is 252 g/mol. The number of hydrogen-bond donors (Lipinski definition) is 2. The molecular formula is C16H26N2O2. The van der Waals surface area contributed by atoms with Crippen LogP contribution in [0.4, 0.5) is 0 Å². The Hall–Kier alpha value is -1.55. The Kier molecular flexibility index (Phi) is 7.73. The van der Waals surface area contributed by atoms with Gasteiger partial charge in [-0.2, -0.15) is 0 Å². The summed E-state index contributed by atoms with van der Waals surface area (Å²) in [5.74, 6) is 1.44. The summed E-state index contributed by atoms with van der Waals surface area (Å²) in [5, 5.41) is 2.87. The molecule has 1 aromatic rings. The number of nitrogens with two attached hydrogens (primary N) is 1. The maximum Gasteiger partial charge on any atom is 0.220 e. The summed E-state index contributed by atoms with van der Waals surface area (Å²) in [6, 6.07) is 7.89. The van der Waals surface area contributed by atoms with E-state index in [4.69, 9.17) is 10.5 Å². The van der Waals surface area contributed by atoms with Gasteiger partial charge in [0.25, 0.3) is 0 Å². The van der Waals surface area contributed by atoms with Gasteiger partial charge >= 0.3 is 0 Å². The van der Waals surface area contributed by atoms with E-state index in [9.17, 15) is 4.79 Å². The molecule has 0 bridgehead atoms. The number of hydrogen-bond acceptors (Lipinski definition) is 3. The molecule has 0 heterocycles. The van der Waals surface area contributed by atoms with Crippen LogP contribution in [0.2, 0.25) is 0 Å². The minimum Gasteiger partial charge on any atom is -0.492 e. The van der Waals surface area contributed by atoms with Crippen LogP contribution < -0.4 is 15.8 Å². The highest BCUT2D eigenvalue weighted by molar-refractivity contribution is 5.75. The first-order valence-corrected chi connectivity index (χ1v) is 7.28. The average Bonchev–Trinajstić information content (AvgIpc) is 2.42. The molecule has 1 aromatic carbocycles. The summed E-state index contributed by atoms with van der Waals surface area (Å²) in [4.78, 5) is 11.6. The molecule has 0 aliphatic carbocycles. The van der Waals surface area contributed by atoms with E-state index >= 15 is 0 Å². The lowest BCUT2D eigenvalue weighted by Gasteiger charge is -2.10. The van der Waals surface area contributed by atoms with Crippen molar-refractivity contribution in [3.63, 3.8) is 0 Å². The predicted octanol–water partition coefficient (Wildman–Crippen LogP) is 2.26. The second kappa shape index (κ2) is 9.37. The standard InChI is InChI=1S/C16H26N2O2/c1-13(8-9-17)6-7-16(19)18-10-11-20-15-5-3-4-14(2)12-15/h3-5,12-13H,6-11,17H2,1-2H3,(H,18,19). The number of rotatable bonds is 9. The lowest BCUT2D eigenvalue weighted by molar-refractivity contribution is -0.121. The van der Waals surface area contributed by atoms with Gasteiger partial charge < -0.3 is 15.8 Å². The summed E-state index contributed by atoms with van der Waals surface area (Å²) in [6.45, 7) is 5.87. The zero-order chi connectivity index (χ0) is 14.8. The number of benzene rings is 1. The normalized spacial score (nSPS) is 11.9. The second-order valence-electron chi connectivity index (χ2n) is 5.24. The smallest absolute Gasteiger partial charge is 0.220 e. The van der Waals surface area contributed by atoms with E-state index < -0.39 is 0 Å². The van der Waals surface area contributed by atoms with Crippen molar-refractivity contribution in [2.24, 2.45) is 11.7 Å². The van der Waals surface area contributed by atoms with Crippen molar-refractivity contribution >= 4 is 5.91 Å². The highest BCUT2D eigenvalue weighted by Gasteiger charge is 2.05. The lowest BCUT2D eigenvalue weighted by Crippen LogP contribution is -2.28. The van der Waals surface area contributed by atoms with Gasteiger partial charge in [0.2, 0.25) is 5.91 Å². The first kappa shape index (κ1) is 16.5. The maximum atomic E-state index is 11.6. The zero-order valence-corrected chi connectivity index (χ0v) is 12.5. The van der Waals surface area contributed by atoms with Gasteiger partial charge in [0.05, 0.1) is 6.54 Å². The summed E-state index contributed by atoms with van der Waals surface area (Å²) in [5.41, 5.74) is 6.65. The van der Waals surface area contributed by atoms with E-state index in [1.54, 1.807) is 0 Å². The predicted molar refractivity (Wildman–Crippen MR) is 81.8 cm³/mol. The molecule has 1 unspecified atom stereocenters. The number of aryl methyl sites for hydroxylation is 1. The van der Waals surface area contributed by atoms with Gasteiger partial charge in [-0.25, -0.2) is 0 Å². The third kappa shape index (κ3) is 7.14. The van der Waals surface area contributed by atoms with E-state index in [1.165, 1.54) is 5.56 Å². The van der Waals surface area contributed by atoms with Crippen molar-refractivity contribution in [1.29, 1.82) is 0 Å². The third-order valence-corrected chi connectivity index (χ3v) is 3.21. The number of carbonyl (C=O) groups is 1. The summed E-state index contributed by atoms with van der Waals surface area (Å²) in [6.07, 6.45) is 2.43. The number of carbonyl (C=O) groups excluding carboxylic acids is 1. The van der Waals surface area contributed by atoms with Crippen molar-refractivity contribution in [2.45, 2.75) is 33.1 Å². The first-order chi connectivity index (χ1) is 9.61. The van der Waals surface area contributed by atoms with E-state index in [2.05, 4.69) is 12.2 Å². The van der Waals surface area contributed by atoms with Crippen LogP contribution in [-0.4, -0.2) is 25.6 Å². The van der Waals surface area contributed by atoms with E-state index in [1.807, 2.05) is 31.2 Å². The minimum atomic E-state index is 0.0849. The topological polar surface area (TPSA) is 64.3 Å². The Morgan fingerprint density at radius 2 is 2.20 bits per heavy atom. The Bertz CT molecular complexity index is 407. The monoisotopic (exact) mass is 278 g/mol. The molecule has 112 valence electrons. The molecule has 0 radical (unpaired) electrons. The average molecular weight is 278 g/mol. The van der Waals surface area contributed by atoms with Crippen molar-refractivity contribution in [2.75, 3.05) is 19.7 Å². The molecule has 1 amide bonds. The number of amides is 1. The summed E-state index contributed by atoms with van der Waals surface area (Å²) >= 11 is 0. The summed E-state index contributed by atoms with van der Waals surface area (Å²) in [7, 11) is 0. The van der Waals surface area contributed by atoms with Crippen LogP contribution in [0.1, 0.15) is 31.7 Å². The molecule has 3 N–H and O–H groups in total. The van der Waals surface area contributed by atoms with Crippen LogP contribution in [0.15, 0.2) is 24.3 Å².